The largest absolute Gasteiger partial charge is 0.348 e. The highest BCUT2D eigenvalue weighted by atomic mass is 79.9. The zero-order chi connectivity index (χ0) is 14.3. The SMILES string of the molecule is Br.Br.c1ccc(CCN2CCC(CCc3cnc[nH]3)CC2)cc1. The van der Waals surface area contributed by atoms with E-state index in [1.807, 2.05) is 6.20 Å². The van der Waals surface area contributed by atoms with Gasteiger partial charge < -0.3 is 9.88 Å². The zero-order valence-corrected chi connectivity index (χ0v) is 16.9. The first-order chi connectivity index (χ1) is 10.4. The molecule has 0 amide bonds. The maximum absolute atomic E-state index is 4.09. The molecule has 1 aromatic heterocycles. The van der Waals surface area contributed by atoms with E-state index in [1.165, 1.54) is 56.6 Å². The first kappa shape index (κ1) is 20.4. The maximum Gasteiger partial charge on any atom is 0.0921 e. The number of aromatic amines is 1. The third-order valence-corrected chi connectivity index (χ3v) is 4.64. The number of hydrogen-bond donors (Lipinski definition) is 1. The van der Waals surface area contributed by atoms with E-state index in [0.717, 1.165) is 12.3 Å². The third-order valence-electron chi connectivity index (χ3n) is 4.64. The predicted molar refractivity (Wildman–Crippen MR) is 107 cm³/mol. The summed E-state index contributed by atoms with van der Waals surface area (Å²) in [5.41, 5.74) is 2.74. The van der Waals surface area contributed by atoms with Crippen molar-refractivity contribution >= 4 is 34.0 Å². The van der Waals surface area contributed by atoms with Crippen LogP contribution in [0.15, 0.2) is 42.9 Å². The van der Waals surface area contributed by atoms with E-state index >= 15 is 0 Å². The summed E-state index contributed by atoms with van der Waals surface area (Å²) < 4.78 is 0. The Morgan fingerprint density at radius 1 is 1.04 bits per heavy atom. The van der Waals surface area contributed by atoms with Gasteiger partial charge in [0, 0.05) is 18.4 Å². The van der Waals surface area contributed by atoms with Gasteiger partial charge in [0.15, 0.2) is 0 Å². The summed E-state index contributed by atoms with van der Waals surface area (Å²) in [4.78, 5) is 9.91. The lowest BCUT2D eigenvalue weighted by Crippen LogP contribution is -2.35. The van der Waals surface area contributed by atoms with Crippen molar-refractivity contribution in [2.45, 2.75) is 32.1 Å². The topological polar surface area (TPSA) is 31.9 Å². The van der Waals surface area contributed by atoms with Crippen LogP contribution in [0.25, 0.3) is 0 Å². The van der Waals surface area contributed by atoms with Gasteiger partial charge in [0.25, 0.3) is 0 Å². The molecule has 0 bridgehead atoms. The van der Waals surface area contributed by atoms with Crippen LogP contribution in [-0.4, -0.2) is 34.5 Å². The number of piperidine rings is 1. The molecule has 23 heavy (non-hydrogen) atoms. The number of nitrogens with zero attached hydrogens (tertiary/aromatic N) is 2. The number of imidazole rings is 1. The number of rotatable bonds is 6. The molecule has 1 N–H and O–H groups in total. The van der Waals surface area contributed by atoms with Gasteiger partial charge in [0.05, 0.1) is 6.33 Å². The van der Waals surface area contributed by atoms with Gasteiger partial charge >= 0.3 is 0 Å². The molecule has 1 fully saturated rings. The van der Waals surface area contributed by atoms with Crippen LogP contribution in [0.4, 0.5) is 0 Å². The van der Waals surface area contributed by atoms with Crippen molar-refractivity contribution in [2.24, 2.45) is 5.92 Å². The van der Waals surface area contributed by atoms with E-state index in [4.69, 9.17) is 0 Å². The Balaban J connectivity index is 0.00000132. The van der Waals surface area contributed by atoms with Gasteiger partial charge in [-0.05, 0) is 56.7 Å². The lowest BCUT2D eigenvalue weighted by molar-refractivity contribution is 0.181. The molecule has 0 aliphatic carbocycles. The van der Waals surface area contributed by atoms with Gasteiger partial charge in [-0.3, -0.25) is 0 Å². The fourth-order valence-electron chi connectivity index (χ4n) is 3.21. The van der Waals surface area contributed by atoms with Crippen molar-refractivity contribution in [2.75, 3.05) is 19.6 Å². The van der Waals surface area contributed by atoms with Gasteiger partial charge in [-0.2, -0.15) is 0 Å². The summed E-state index contributed by atoms with van der Waals surface area (Å²) in [7, 11) is 0. The lowest BCUT2D eigenvalue weighted by Gasteiger charge is -2.32. The minimum absolute atomic E-state index is 0. The van der Waals surface area contributed by atoms with Crippen LogP contribution in [-0.2, 0) is 12.8 Å². The summed E-state index contributed by atoms with van der Waals surface area (Å²) in [5, 5.41) is 0. The molecule has 0 saturated carbocycles. The van der Waals surface area contributed by atoms with Crippen LogP contribution in [0, 0.1) is 5.92 Å². The van der Waals surface area contributed by atoms with E-state index in [1.54, 1.807) is 6.33 Å². The number of nitrogens with one attached hydrogen (secondary N) is 1. The highest BCUT2D eigenvalue weighted by molar-refractivity contribution is 8.93. The Kier molecular flexibility index (Phi) is 9.75. The Labute approximate surface area is 160 Å². The van der Waals surface area contributed by atoms with Crippen LogP contribution in [0.5, 0.6) is 0 Å². The Hall–Kier alpha value is -0.650. The van der Waals surface area contributed by atoms with Gasteiger partial charge in [-0.1, -0.05) is 30.3 Å². The van der Waals surface area contributed by atoms with Gasteiger partial charge in [-0.15, -0.1) is 34.0 Å². The minimum atomic E-state index is 0. The lowest BCUT2D eigenvalue weighted by atomic mass is 9.91. The van der Waals surface area contributed by atoms with Gasteiger partial charge in [-0.25, -0.2) is 4.98 Å². The fourth-order valence-corrected chi connectivity index (χ4v) is 3.21. The number of aromatic nitrogens is 2. The molecule has 0 radical (unpaired) electrons. The summed E-state index contributed by atoms with van der Waals surface area (Å²) >= 11 is 0. The van der Waals surface area contributed by atoms with Crippen LogP contribution < -0.4 is 0 Å². The third kappa shape index (κ3) is 6.77. The number of H-pyrrole nitrogens is 1. The predicted octanol–water partition coefficient (Wildman–Crippen LogP) is 4.45. The average Bonchev–Trinajstić information content (AvgIpc) is 3.06. The normalized spacial score (nSPS) is 15.7. The molecule has 0 unspecified atom stereocenters. The molecular weight excluding hydrogens is 418 g/mol. The Morgan fingerprint density at radius 3 is 2.43 bits per heavy atom. The van der Waals surface area contributed by atoms with Crippen LogP contribution in [0.1, 0.15) is 30.5 Å². The van der Waals surface area contributed by atoms with Crippen molar-refractivity contribution in [3.8, 4) is 0 Å². The van der Waals surface area contributed by atoms with Crippen molar-refractivity contribution in [1.29, 1.82) is 0 Å². The second kappa shape index (κ2) is 11.0. The van der Waals surface area contributed by atoms with E-state index in [2.05, 4.69) is 45.2 Å². The number of halogens is 2. The summed E-state index contributed by atoms with van der Waals surface area (Å²) in [5.74, 6) is 0.890. The van der Waals surface area contributed by atoms with E-state index < -0.39 is 0 Å². The smallest absolute Gasteiger partial charge is 0.0921 e. The van der Waals surface area contributed by atoms with E-state index in [0.29, 0.717) is 0 Å². The number of aryl methyl sites for hydroxylation is 1. The molecule has 3 rings (SSSR count). The second-order valence-electron chi connectivity index (χ2n) is 6.14. The Bertz CT molecular complexity index is 508. The Morgan fingerprint density at radius 2 is 1.78 bits per heavy atom. The fraction of sp³-hybridized carbons (Fsp3) is 0.500. The molecule has 1 aliphatic rings. The van der Waals surface area contributed by atoms with E-state index in [-0.39, 0.29) is 34.0 Å². The molecule has 0 spiro atoms. The molecule has 2 aromatic rings. The maximum atomic E-state index is 4.09. The standard InChI is InChI=1S/C18H25N3.2BrH/c1-2-4-16(5-3-1)8-11-21-12-9-17(10-13-21)6-7-18-14-19-15-20-18;;/h1-5,14-15,17H,6-13H2,(H,19,20);2*1H. The molecule has 5 heteroatoms. The minimum Gasteiger partial charge on any atom is -0.348 e. The van der Waals surface area contributed by atoms with Crippen LogP contribution in [0.3, 0.4) is 0 Å². The zero-order valence-electron chi connectivity index (χ0n) is 13.5. The molecular formula is C18H27Br2N3. The van der Waals surface area contributed by atoms with Crippen LogP contribution in [0.2, 0.25) is 0 Å². The molecule has 3 nitrogen and oxygen atoms in total. The highest BCUT2D eigenvalue weighted by Crippen LogP contribution is 2.22. The molecule has 1 saturated heterocycles. The van der Waals surface area contributed by atoms with Crippen LogP contribution >= 0.6 is 34.0 Å². The quantitative estimate of drug-likeness (QED) is 0.713. The first-order valence-corrected chi connectivity index (χ1v) is 8.13. The number of likely N-dealkylation sites (tertiary alicyclic amines) is 1. The van der Waals surface area contributed by atoms with Crippen molar-refractivity contribution in [3.05, 3.63) is 54.1 Å². The van der Waals surface area contributed by atoms with Gasteiger partial charge in [0.2, 0.25) is 0 Å². The monoisotopic (exact) mass is 443 g/mol. The molecule has 0 atom stereocenters. The molecule has 128 valence electrons. The molecule has 1 aliphatic heterocycles. The summed E-state index contributed by atoms with van der Waals surface area (Å²) in [6.07, 6.45) is 10.1. The highest BCUT2D eigenvalue weighted by Gasteiger charge is 2.18. The molecule has 2 heterocycles. The summed E-state index contributed by atoms with van der Waals surface area (Å²) in [6, 6.07) is 10.8. The van der Waals surface area contributed by atoms with Gasteiger partial charge in [0.1, 0.15) is 0 Å². The number of hydrogen-bond acceptors (Lipinski definition) is 2. The van der Waals surface area contributed by atoms with E-state index in [9.17, 15) is 0 Å². The average molecular weight is 445 g/mol. The van der Waals surface area contributed by atoms with Crippen molar-refractivity contribution in [3.63, 3.8) is 0 Å². The first-order valence-electron chi connectivity index (χ1n) is 8.13. The summed E-state index contributed by atoms with van der Waals surface area (Å²) in [6.45, 7) is 3.73. The number of benzene rings is 1. The van der Waals surface area contributed by atoms with Crippen molar-refractivity contribution < 1.29 is 0 Å². The molecule has 1 aromatic carbocycles. The van der Waals surface area contributed by atoms with Crippen molar-refractivity contribution in [1.82, 2.24) is 14.9 Å². The second-order valence-corrected chi connectivity index (χ2v) is 6.14.